The number of alkyl halides is 3. The monoisotopic (exact) mass is 303 g/mol. The number of nitrogens with two attached hydrogens (primary N) is 1. The Balaban J connectivity index is 2.34. The maximum Gasteiger partial charge on any atom is 0.419 e. The molecule has 1 aromatic rings. The third-order valence-corrected chi connectivity index (χ3v) is 3.34. The van der Waals surface area contributed by atoms with Gasteiger partial charge in [-0.05, 0) is 23.6 Å². The maximum absolute atomic E-state index is 13.3. The van der Waals surface area contributed by atoms with Gasteiger partial charge in [-0.15, -0.1) is 0 Å². The van der Waals surface area contributed by atoms with Crippen molar-refractivity contribution in [3.63, 3.8) is 0 Å². The second kappa shape index (κ2) is 5.54. The Labute approximate surface area is 120 Å². The maximum atomic E-state index is 13.3. The van der Waals surface area contributed by atoms with Crippen molar-refractivity contribution in [1.29, 1.82) is 0 Å². The molecule has 0 radical (unpaired) electrons. The quantitative estimate of drug-likeness (QED) is 0.871. The third kappa shape index (κ3) is 3.28. The van der Waals surface area contributed by atoms with Crippen LogP contribution in [-0.4, -0.2) is 23.9 Å². The van der Waals surface area contributed by atoms with Crippen LogP contribution in [0.1, 0.15) is 31.0 Å². The van der Waals surface area contributed by atoms with E-state index in [0.717, 1.165) is 12.1 Å². The summed E-state index contributed by atoms with van der Waals surface area (Å²) in [5, 5.41) is 0. The summed E-state index contributed by atoms with van der Waals surface area (Å²) in [7, 11) is 0. The third-order valence-electron chi connectivity index (χ3n) is 3.34. The predicted molar refractivity (Wildman–Crippen MR) is 72.2 cm³/mol. The van der Waals surface area contributed by atoms with Gasteiger partial charge in [0.05, 0.1) is 18.2 Å². The first-order valence-electron chi connectivity index (χ1n) is 6.63. The number of hydrogen-bond donors (Lipinski definition) is 1. The molecule has 1 atom stereocenters. The fourth-order valence-electron chi connectivity index (χ4n) is 2.40. The number of benzene rings is 1. The van der Waals surface area contributed by atoms with Gasteiger partial charge >= 0.3 is 6.18 Å². The van der Waals surface area contributed by atoms with E-state index in [9.17, 15) is 17.6 Å². The summed E-state index contributed by atoms with van der Waals surface area (Å²) >= 11 is 0. The number of rotatable bonds is 3. The molecule has 0 amide bonds. The molecule has 7 heteroatoms. The SMILES string of the molecule is CC(C)CN1C(N)=NCC1c1ccc(F)c(C(F)(F)F)c1. The second-order valence-corrected chi connectivity index (χ2v) is 5.50. The molecule has 2 rings (SSSR count). The molecule has 0 bridgehead atoms. The molecule has 0 fully saturated rings. The van der Waals surface area contributed by atoms with E-state index in [1.807, 2.05) is 13.8 Å². The zero-order valence-electron chi connectivity index (χ0n) is 11.8. The summed E-state index contributed by atoms with van der Waals surface area (Å²) in [6, 6.07) is 2.67. The lowest BCUT2D eigenvalue weighted by atomic mass is 10.0. The van der Waals surface area contributed by atoms with E-state index in [2.05, 4.69) is 4.99 Å². The van der Waals surface area contributed by atoms with Gasteiger partial charge in [-0.3, -0.25) is 4.99 Å². The van der Waals surface area contributed by atoms with Crippen molar-refractivity contribution in [2.24, 2.45) is 16.6 Å². The molecule has 116 valence electrons. The first-order chi connectivity index (χ1) is 9.70. The van der Waals surface area contributed by atoms with E-state index >= 15 is 0 Å². The van der Waals surface area contributed by atoms with E-state index in [1.165, 1.54) is 6.07 Å². The largest absolute Gasteiger partial charge is 0.419 e. The first kappa shape index (κ1) is 15.6. The van der Waals surface area contributed by atoms with Crippen LogP contribution in [0.25, 0.3) is 0 Å². The Morgan fingerprint density at radius 3 is 2.62 bits per heavy atom. The molecule has 3 nitrogen and oxygen atoms in total. The lowest BCUT2D eigenvalue weighted by Gasteiger charge is -2.28. The highest BCUT2D eigenvalue weighted by Gasteiger charge is 2.36. The zero-order valence-corrected chi connectivity index (χ0v) is 11.8. The minimum absolute atomic E-state index is 0.279. The average molecular weight is 303 g/mol. The topological polar surface area (TPSA) is 41.6 Å². The number of aliphatic imine (C=N–C) groups is 1. The van der Waals surface area contributed by atoms with Gasteiger partial charge in [-0.1, -0.05) is 19.9 Å². The lowest BCUT2D eigenvalue weighted by molar-refractivity contribution is -0.140. The molecule has 0 aliphatic carbocycles. The summed E-state index contributed by atoms with van der Waals surface area (Å²) < 4.78 is 51.7. The molecule has 1 aliphatic heterocycles. The fraction of sp³-hybridized carbons (Fsp3) is 0.500. The van der Waals surface area contributed by atoms with Crippen molar-refractivity contribution in [3.8, 4) is 0 Å². The molecule has 1 aliphatic rings. The van der Waals surface area contributed by atoms with Crippen molar-refractivity contribution < 1.29 is 17.6 Å². The molecule has 0 spiro atoms. The molecule has 2 N–H and O–H groups in total. The molecule has 21 heavy (non-hydrogen) atoms. The van der Waals surface area contributed by atoms with Gasteiger partial charge in [0, 0.05) is 6.54 Å². The Morgan fingerprint density at radius 2 is 2.05 bits per heavy atom. The highest BCUT2D eigenvalue weighted by molar-refractivity contribution is 5.80. The lowest BCUT2D eigenvalue weighted by Crippen LogP contribution is -2.38. The molecule has 1 heterocycles. The van der Waals surface area contributed by atoms with Crippen LogP contribution >= 0.6 is 0 Å². The van der Waals surface area contributed by atoms with Crippen molar-refractivity contribution in [3.05, 3.63) is 35.1 Å². The van der Waals surface area contributed by atoms with Crippen molar-refractivity contribution in [2.45, 2.75) is 26.1 Å². The molecule has 1 unspecified atom stereocenters. The van der Waals surface area contributed by atoms with Crippen LogP contribution in [0, 0.1) is 11.7 Å². The molecule has 1 aromatic carbocycles. The summed E-state index contributed by atoms with van der Waals surface area (Å²) in [4.78, 5) is 5.85. The van der Waals surface area contributed by atoms with Gasteiger partial charge in [-0.25, -0.2) is 4.39 Å². The van der Waals surface area contributed by atoms with Crippen LogP contribution in [0.4, 0.5) is 17.6 Å². The Hall–Kier alpha value is -1.79. The molecule has 0 saturated carbocycles. The van der Waals surface area contributed by atoms with Crippen molar-refractivity contribution in [2.75, 3.05) is 13.1 Å². The summed E-state index contributed by atoms with van der Waals surface area (Å²) in [6.45, 7) is 4.82. The average Bonchev–Trinajstić information content (AvgIpc) is 2.70. The van der Waals surface area contributed by atoms with Crippen LogP contribution in [0.15, 0.2) is 23.2 Å². The standard InChI is InChI=1S/C14H17F4N3/c1-8(2)7-21-12(6-20-13(21)19)9-3-4-11(15)10(5-9)14(16,17)18/h3-5,8,12H,6-7H2,1-2H3,(H2,19,20). The Morgan fingerprint density at radius 1 is 1.38 bits per heavy atom. The Bertz CT molecular complexity index is 552. The van der Waals surface area contributed by atoms with E-state index in [-0.39, 0.29) is 18.5 Å². The van der Waals surface area contributed by atoms with Gasteiger partial charge in [-0.2, -0.15) is 13.2 Å². The van der Waals surface area contributed by atoms with Gasteiger partial charge in [0.15, 0.2) is 5.96 Å². The zero-order chi connectivity index (χ0) is 15.8. The van der Waals surface area contributed by atoms with Gasteiger partial charge in [0.1, 0.15) is 5.82 Å². The minimum Gasteiger partial charge on any atom is -0.370 e. The van der Waals surface area contributed by atoms with Crippen LogP contribution in [-0.2, 0) is 6.18 Å². The number of hydrogen-bond acceptors (Lipinski definition) is 3. The highest BCUT2D eigenvalue weighted by Crippen LogP contribution is 2.35. The molecular weight excluding hydrogens is 286 g/mol. The normalized spacial score (nSPS) is 19.3. The highest BCUT2D eigenvalue weighted by atomic mass is 19.4. The second-order valence-electron chi connectivity index (χ2n) is 5.50. The van der Waals surface area contributed by atoms with E-state index in [4.69, 9.17) is 5.73 Å². The smallest absolute Gasteiger partial charge is 0.370 e. The predicted octanol–water partition coefficient (Wildman–Crippen LogP) is 3.17. The summed E-state index contributed by atoms with van der Waals surface area (Å²) in [6.07, 6.45) is -4.71. The number of nitrogens with zero attached hydrogens (tertiary/aromatic N) is 2. The molecular formula is C14H17F4N3. The van der Waals surface area contributed by atoms with Crippen molar-refractivity contribution in [1.82, 2.24) is 4.90 Å². The van der Waals surface area contributed by atoms with E-state index < -0.39 is 17.6 Å². The van der Waals surface area contributed by atoms with Crippen LogP contribution < -0.4 is 5.73 Å². The Kier molecular flexibility index (Phi) is 4.11. The molecule has 0 saturated heterocycles. The van der Waals surface area contributed by atoms with Crippen LogP contribution in [0.2, 0.25) is 0 Å². The van der Waals surface area contributed by atoms with E-state index in [1.54, 1.807) is 4.90 Å². The van der Waals surface area contributed by atoms with Crippen LogP contribution in [0.3, 0.4) is 0 Å². The number of halogens is 4. The molecule has 0 aromatic heterocycles. The minimum atomic E-state index is -4.71. The first-order valence-corrected chi connectivity index (χ1v) is 6.63. The summed E-state index contributed by atoms with van der Waals surface area (Å²) in [5.74, 6) is -0.679. The van der Waals surface area contributed by atoms with E-state index in [0.29, 0.717) is 18.1 Å². The van der Waals surface area contributed by atoms with Gasteiger partial charge in [0.2, 0.25) is 0 Å². The van der Waals surface area contributed by atoms with Gasteiger partial charge < -0.3 is 10.6 Å². The van der Waals surface area contributed by atoms with Crippen LogP contribution in [0.5, 0.6) is 0 Å². The fourth-order valence-corrected chi connectivity index (χ4v) is 2.40. The summed E-state index contributed by atoms with van der Waals surface area (Å²) in [5.41, 5.74) is 4.90. The number of guanidine groups is 1. The van der Waals surface area contributed by atoms with Gasteiger partial charge in [0.25, 0.3) is 0 Å². The van der Waals surface area contributed by atoms with Crippen molar-refractivity contribution >= 4 is 5.96 Å².